The molecular weight excluding hydrogens is 498 g/mol. The molecule has 1 saturated heterocycles. The summed E-state index contributed by atoms with van der Waals surface area (Å²) >= 11 is 13.8. The minimum Gasteiger partial charge on any atom is -0.356 e. The molecule has 1 fully saturated rings. The van der Waals surface area contributed by atoms with E-state index in [1.54, 1.807) is 18.2 Å². The zero-order chi connectivity index (χ0) is 24.2. The number of benzene rings is 2. The Labute approximate surface area is 210 Å². The minimum atomic E-state index is -0.739. The lowest BCUT2D eigenvalue weighted by atomic mass is 10.1. The number of thiophene rings is 1. The van der Waals surface area contributed by atoms with Crippen molar-refractivity contribution in [3.8, 4) is 6.07 Å². The van der Waals surface area contributed by atoms with Crippen LogP contribution in [0.15, 0.2) is 53.9 Å². The lowest BCUT2D eigenvalue weighted by molar-refractivity contribution is -0.123. The zero-order valence-corrected chi connectivity index (χ0v) is 20.1. The van der Waals surface area contributed by atoms with Crippen LogP contribution in [0, 0.1) is 17.1 Å². The van der Waals surface area contributed by atoms with Gasteiger partial charge in [0.25, 0.3) is 5.91 Å². The maximum Gasteiger partial charge on any atom is 0.257 e. The fourth-order valence-electron chi connectivity index (χ4n) is 3.80. The number of nitriles is 1. The molecule has 2 heterocycles. The van der Waals surface area contributed by atoms with Crippen molar-refractivity contribution in [2.45, 2.75) is 12.6 Å². The number of rotatable bonds is 5. The number of hydrogen-bond donors (Lipinski definition) is 1. The topological polar surface area (TPSA) is 76.4 Å². The van der Waals surface area contributed by atoms with Gasteiger partial charge in [0.15, 0.2) is 0 Å². The van der Waals surface area contributed by atoms with E-state index in [2.05, 4.69) is 5.32 Å². The maximum absolute atomic E-state index is 14.4. The molecule has 0 unspecified atom stereocenters. The predicted molar refractivity (Wildman–Crippen MR) is 131 cm³/mol. The molecule has 2 aromatic carbocycles. The molecule has 6 nitrogen and oxygen atoms in total. The van der Waals surface area contributed by atoms with Gasteiger partial charge in [-0.05, 0) is 47.8 Å². The summed E-state index contributed by atoms with van der Waals surface area (Å²) < 4.78 is 14.4. The quantitative estimate of drug-likeness (QED) is 0.532. The number of nitrogens with one attached hydrogen (secondary N) is 1. The van der Waals surface area contributed by atoms with Gasteiger partial charge in [-0.15, -0.1) is 11.3 Å². The van der Waals surface area contributed by atoms with Crippen LogP contribution in [0.4, 0.5) is 10.1 Å². The molecule has 2 amide bonds. The molecule has 3 aromatic rings. The van der Waals surface area contributed by atoms with Crippen LogP contribution >= 0.6 is 34.5 Å². The van der Waals surface area contributed by atoms with Crippen LogP contribution in [0.25, 0.3) is 0 Å². The second-order valence-electron chi connectivity index (χ2n) is 7.66. The third kappa shape index (κ3) is 5.17. The molecule has 1 N–H and O–H groups in total. The first-order valence-corrected chi connectivity index (χ1v) is 12.0. The molecule has 34 heavy (non-hydrogen) atoms. The molecule has 1 aliphatic heterocycles. The summed E-state index contributed by atoms with van der Waals surface area (Å²) in [6, 6.07) is 13.7. The molecule has 0 saturated carbocycles. The van der Waals surface area contributed by atoms with Gasteiger partial charge in [-0.3, -0.25) is 9.59 Å². The third-order valence-electron chi connectivity index (χ3n) is 5.55. The second kappa shape index (κ2) is 10.4. The average molecular weight is 517 g/mol. The Morgan fingerprint density at radius 2 is 1.97 bits per heavy atom. The lowest BCUT2D eigenvalue weighted by Crippen LogP contribution is -2.60. The van der Waals surface area contributed by atoms with Crippen molar-refractivity contribution in [1.82, 2.24) is 10.2 Å². The summed E-state index contributed by atoms with van der Waals surface area (Å²) in [6.07, 6.45) is 0. The molecule has 1 aliphatic rings. The number of halogens is 3. The molecule has 0 spiro atoms. The van der Waals surface area contributed by atoms with E-state index < -0.39 is 17.8 Å². The smallest absolute Gasteiger partial charge is 0.257 e. The molecule has 1 aromatic heterocycles. The normalized spacial score (nSPS) is 15.6. The molecule has 4 rings (SSSR count). The highest BCUT2D eigenvalue weighted by atomic mass is 35.5. The number of hydrogen-bond acceptors (Lipinski definition) is 5. The van der Waals surface area contributed by atoms with Gasteiger partial charge >= 0.3 is 0 Å². The Kier molecular flexibility index (Phi) is 7.37. The molecule has 174 valence electrons. The van der Waals surface area contributed by atoms with E-state index in [1.165, 1.54) is 28.4 Å². The van der Waals surface area contributed by atoms with E-state index in [-0.39, 0.29) is 30.1 Å². The van der Waals surface area contributed by atoms with E-state index >= 15 is 0 Å². The number of carbonyl (C=O) groups is 2. The van der Waals surface area contributed by atoms with Crippen molar-refractivity contribution < 1.29 is 14.0 Å². The number of anilines is 1. The van der Waals surface area contributed by atoms with Crippen LogP contribution in [0.2, 0.25) is 10.0 Å². The van der Waals surface area contributed by atoms with Gasteiger partial charge in [0.1, 0.15) is 11.9 Å². The van der Waals surface area contributed by atoms with Crippen LogP contribution in [0.1, 0.15) is 20.8 Å². The first kappa shape index (κ1) is 24.0. The van der Waals surface area contributed by atoms with Gasteiger partial charge in [0.05, 0.1) is 40.3 Å². The van der Waals surface area contributed by atoms with Gasteiger partial charge in [0.2, 0.25) is 5.91 Å². The number of piperazine rings is 1. The van der Waals surface area contributed by atoms with Crippen molar-refractivity contribution in [2.24, 2.45) is 0 Å². The molecule has 0 aliphatic carbocycles. The van der Waals surface area contributed by atoms with E-state index in [4.69, 9.17) is 28.5 Å². The van der Waals surface area contributed by atoms with Crippen LogP contribution in [0.3, 0.4) is 0 Å². The first-order chi connectivity index (χ1) is 16.4. The molecule has 0 bridgehead atoms. The molecular formula is C24H19Cl2FN4O2S. The van der Waals surface area contributed by atoms with Crippen molar-refractivity contribution >= 4 is 52.0 Å². The first-order valence-electron chi connectivity index (χ1n) is 10.4. The van der Waals surface area contributed by atoms with Gasteiger partial charge in [0, 0.05) is 23.7 Å². The Bertz CT molecular complexity index is 1260. The maximum atomic E-state index is 14.4. The summed E-state index contributed by atoms with van der Waals surface area (Å²) in [5.41, 5.74) is 0.680. The predicted octanol–water partition coefficient (Wildman–Crippen LogP) is 4.71. The van der Waals surface area contributed by atoms with Crippen molar-refractivity contribution in [1.29, 1.82) is 5.26 Å². The Balaban J connectivity index is 1.60. The van der Waals surface area contributed by atoms with Crippen LogP contribution in [-0.4, -0.2) is 42.4 Å². The van der Waals surface area contributed by atoms with Gasteiger partial charge < -0.3 is 15.1 Å². The zero-order valence-electron chi connectivity index (χ0n) is 17.8. The van der Waals surface area contributed by atoms with Crippen molar-refractivity contribution in [3.63, 3.8) is 0 Å². The summed E-state index contributed by atoms with van der Waals surface area (Å²) in [4.78, 5) is 30.7. The van der Waals surface area contributed by atoms with Crippen LogP contribution in [-0.2, 0) is 11.3 Å². The average Bonchev–Trinajstić information content (AvgIpc) is 3.37. The van der Waals surface area contributed by atoms with Crippen LogP contribution in [0.5, 0.6) is 0 Å². The lowest BCUT2D eigenvalue weighted by Gasteiger charge is -2.42. The monoisotopic (exact) mass is 516 g/mol. The number of nitrogens with zero attached hydrogens (tertiary/aromatic N) is 3. The summed E-state index contributed by atoms with van der Waals surface area (Å²) in [6.45, 7) is 0.963. The Morgan fingerprint density at radius 3 is 2.68 bits per heavy atom. The highest BCUT2D eigenvalue weighted by Crippen LogP contribution is 2.30. The van der Waals surface area contributed by atoms with Crippen molar-refractivity contribution in [2.75, 3.05) is 24.5 Å². The largest absolute Gasteiger partial charge is 0.356 e. The van der Waals surface area contributed by atoms with Crippen molar-refractivity contribution in [3.05, 3.63) is 85.8 Å². The number of amides is 2. The highest BCUT2D eigenvalue weighted by molar-refractivity contribution is 7.09. The van der Waals surface area contributed by atoms with Gasteiger partial charge in [-0.1, -0.05) is 29.3 Å². The molecule has 10 heteroatoms. The summed E-state index contributed by atoms with van der Waals surface area (Å²) in [5.74, 6) is -1.56. The Morgan fingerprint density at radius 1 is 1.15 bits per heavy atom. The summed E-state index contributed by atoms with van der Waals surface area (Å²) in [5, 5.41) is 14.7. The molecule has 0 radical (unpaired) electrons. The third-order valence-corrected chi connectivity index (χ3v) is 7.16. The van der Waals surface area contributed by atoms with E-state index in [0.29, 0.717) is 28.8 Å². The minimum absolute atomic E-state index is 0.0333. The standard InChI is InChI=1S/C24H19Cl2FN4O2S/c25-19-5-4-16(11-20(19)26)31-8-7-30(24(33)18-10-15(12-28)3-6-21(18)27)14-22(31)23(32)29-13-17-2-1-9-34-17/h1-6,9-11,22H,7-8,13-14H2,(H,29,32)/t22-/m0/s1. The summed E-state index contributed by atoms with van der Waals surface area (Å²) in [7, 11) is 0. The van der Waals surface area contributed by atoms with Gasteiger partial charge in [-0.25, -0.2) is 4.39 Å². The van der Waals surface area contributed by atoms with E-state index in [1.807, 2.05) is 28.5 Å². The highest BCUT2D eigenvalue weighted by Gasteiger charge is 2.35. The SMILES string of the molecule is N#Cc1ccc(F)c(C(=O)N2CCN(c3ccc(Cl)c(Cl)c3)[C@H](C(=O)NCc3cccs3)C2)c1. The fraction of sp³-hybridized carbons (Fsp3) is 0.208. The Hall–Kier alpha value is -3.12. The number of carbonyl (C=O) groups excluding carboxylic acids is 2. The van der Waals surface area contributed by atoms with E-state index in [0.717, 1.165) is 10.9 Å². The second-order valence-corrected chi connectivity index (χ2v) is 9.51. The fourth-order valence-corrected chi connectivity index (χ4v) is 4.74. The molecule has 1 atom stereocenters. The van der Waals surface area contributed by atoms with E-state index in [9.17, 15) is 14.0 Å². The van der Waals surface area contributed by atoms with Gasteiger partial charge in [-0.2, -0.15) is 5.26 Å². The van der Waals surface area contributed by atoms with Crippen LogP contribution < -0.4 is 10.2 Å².